The molecule has 0 radical (unpaired) electrons. The number of rotatable bonds is 2. The summed E-state index contributed by atoms with van der Waals surface area (Å²) in [5.74, 6) is 0.367. The maximum atomic E-state index is 6.05. The molecule has 0 N–H and O–H groups in total. The smallest absolute Gasteiger partial charge is 0.166 e. The normalized spacial score (nSPS) is 10.8. The largest absolute Gasteiger partial charge is 0.453 e. The van der Waals surface area contributed by atoms with E-state index in [2.05, 4.69) is 0 Å². The van der Waals surface area contributed by atoms with Crippen LogP contribution in [0.15, 0.2) is 18.2 Å². The van der Waals surface area contributed by atoms with E-state index in [4.69, 9.17) is 85.9 Å². The third-order valence-electron chi connectivity index (χ3n) is 2.26. The van der Waals surface area contributed by atoms with Crippen molar-refractivity contribution in [3.8, 4) is 11.5 Å². The molecular formula is C12H3Cl7O. The van der Waals surface area contributed by atoms with Crippen LogP contribution in [0, 0.1) is 0 Å². The van der Waals surface area contributed by atoms with Gasteiger partial charge in [0.15, 0.2) is 5.75 Å². The molecule has 2 aromatic carbocycles. The quantitative estimate of drug-likeness (QED) is 0.359. The van der Waals surface area contributed by atoms with Crippen LogP contribution in [0.2, 0.25) is 35.2 Å². The monoisotopic (exact) mass is 408 g/mol. The fourth-order valence-electron chi connectivity index (χ4n) is 1.34. The lowest BCUT2D eigenvalue weighted by atomic mass is 10.3. The lowest BCUT2D eigenvalue weighted by Gasteiger charge is -2.13. The van der Waals surface area contributed by atoms with Crippen LogP contribution in [0.1, 0.15) is 0 Å². The van der Waals surface area contributed by atoms with Crippen molar-refractivity contribution in [2.24, 2.45) is 0 Å². The molecule has 2 aromatic rings. The summed E-state index contributed by atoms with van der Waals surface area (Å²) in [5.41, 5.74) is 0. The highest BCUT2D eigenvalue weighted by atomic mass is 35.5. The minimum absolute atomic E-state index is 0.0753. The van der Waals surface area contributed by atoms with E-state index < -0.39 is 0 Å². The minimum atomic E-state index is 0.0753. The van der Waals surface area contributed by atoms with Crippen LogP contribution in [-0.4, -0.2) is 0 Å². The van der Waals surface area contributed by atoms with Gasteiger partial charge in [0.1, 0.15) is 10.8 Å². The molecule has 0 saturated carbocycles. The van der Waals surface area contributed by atoms with Crippen LogP contribution in [-0.2, 0) is 0 Å². The Morgan fingerprint density at radius 1 is 0.550 bits per heavy atom. The van der Waals surface area contributed by atoms with Gasteiger partial charge in [-0.05, 0) is 12.1 Å². The molecule has 2 rings (SSSR count). The van der Waals surface area contributed by atoms with Crippen molar-refractivity contribution >= 4 is 81.2 Å². The van der Waals surface area contributed by atoms with E-state index in [1.807, 2.05) is 0 Å². The van der Waals surface area contributed by atoms with Gasteiger partial charge in [-0.25, -0.2) is 0 Å². The Morgan fingerprint density at radius 2 is 1.10 bits per heavy atom. The highest BCUT2D eigenvalue weighted by Crippen LogP contribution is 2.46. The molecule has 106 valence electrons. The van der Waals surface area contributed by atoms with Crippen molar-refractivity contribution in [2.75, 3.05) is 0 Å². The van der Waals surface area contributed by atoms with Crippen molar-refractivity contribution in [3.05, 3.63) is 53.4 Å². The molecule has 20 heavy (non-hydrogen) atoms. The number of hydrogen-bond acceptors (Lipinski definition) is 1. The van der Waals surface area contributed by atoms with Gasteiger partial charge in [0, 0.05) is 6.07 Å². The molecular weight excluding hydrogens is 408 g/mol. The molecule has 1 nitrogen and oxygen atoms in total. The Balaban J connectivity index is 2.51. The number of benzene rings is 2. The summed E-state index contributed by atoms with van der Waals surface area (Å²) in [5, 5.41) is 1.43. The average molecular weight is 411 g/mol. The molecule has 0 amide bonds. The Kier molecular flexibility index (Phi) is 5.47. The van der Waals surface area contributed by atoms with Gasteiger partial charge in [-0.15, -0.1) is 0 Å². The molecule has 0 fully saturated rings. The van der Waals surface area contributed by atoms with Crippen LogP contribution in [0.25, 0.3) is 0 Å². The second kappa shape index (κ2) is 6.58. The maximum absolute atomic E-state index is 6.05. The predicted octanol–water partition coefficient (Wildman–Crippen LogP) is 8.05. The summed E-state index contributed by atoms with van der Waals surface area (Å²) < 4.78 is 5.56. The maximum Gasteiger partial charge on any atom is 0.166 e. The van der Waals surface area contributed by atoms with Crippen molar-refractivity contribution in [1.82, 2.24) is 0 Å². The van der Waals surface area contributed by atoms with Crippen molar-refractivity contribution in [2.45, 2.75) is 0 Å². The van der Waals surface area contributed by atoms with E-state index >= 15 is 0 Å². The van der Waals surface area contributed by atoms with Crippen molar-refractivity contribution < 1.29 is 4.74 Å². The van der Waals surface area contributed by atoms with E-state index in [9.17, 15) is 0 Å². The zero-order chi connectivity index (χ0) is 15.0. The fraction of sp³-hybridized carbons (Fsp3) is 0. The number of halogens is 7. The number of ether oxygens (including phenoxy) is 1. The average Bonchev–Trinajstić information content (AvgIpc) is 2.38. The van der Waals surface area contributed by atoms with Crippen molar-refractivity contribution in [1.29, 1.82) is 0 Å². The number of hydrogen-bond donors (Lipinski definition) is 0. The molecule has 0 aliphatic carbocycles. The van der Waals surface area contributed by atoms with Crippen LogP contribution in [0.5, 0.6) is 11.5 Å². The summed E-state index contributed by atoms with van der Waals surface area (Å²) in [6.07, 6.45) is 0. The summed E-state index contributed by atoms with van der Waals surface area (Å²) >= 11 is 41.6. The molecule has 0 aromatic heterocycles. The van der Waals surface area contributed by atoms with Gasteiger partial charge in [-0.1, -0.05) is 81.2 Å². The molecule has 0 bridgehead atoms. The van der Waals surface area contributed by atoms with E-state index in [1.54, 1.807) is 0 Å². The third kappa shape index (κ3) is 3.36. The SMILES string of the molecule is Clc1cc(Cl)c(Oc2c(Cl)cc(Cl)c(Cl)c2Cl)cc1Cl. The molecule has 0 saturated heterocycles. The summed E-state index contributed by atoms with van der Waals surface area (Å²) in [6, 6.07) is 4.31. The van der Waals surface area contributed by atoms with Gasteiger partial charge < -0.3 is 4.74 Å². The van der Waals surface area contributed by atoms with E-state index in [0.717, 1.165) is 0 Å². The van der Waals surface area contributed by atoms with Crippen LogP contribution >= 0.6 is 81.2 Å². The Labute approximate surface area is 150 Å². The molecule has 8 heteroatoms. The first-order chi connectivity index (χ1) is 9.31. The molecule has 0 atom stereocenters. The molecule has 0 aliphatic heterocycles. The highest BCUT2D eigenvalue weighted by Gasteiger charge is 2.17. The fourth-order valence-corrected chi connectivity index (χ4v) is 2.89. The second-order valence-electron chi connectivity index (χ2n) is 3.60. The first-order valence-electron chi connectivity index (χ1n) is 4.96. The third-order valence-corrected chi connectivity index (χ3v) is 4.80. The van der Waals surface area contributed by atoms with Gasteiger partial charge in [-0.2, -0.15) is 0 Å². The van der Waals surface area contributed by atoms with Gasteiger partial charge in [0.05, 0.1) is 30.1 Å². The Hall–Kier alpha value is 0.270. The van der Waals surface area contributed by atoms with E-state index in [-0.39, 0.29) is 41.6 Å². The minimum Gasteiger partial charge on any atom is -0.453 e. The van der Waals surface area contributed by atoms with Gasteiger partial charge in [-0.3, -0.25) is 0 Å². The van der Waals surface area contributed by atoms with E-state index in [1.165, 1.54) is 18.2 Å². The lowest BCUT2D eigenvalue weighted by molar-refractivity contribution is 0.483. The standard InChI is InChI=1S/C12H3Cl7O/c13-4-1-6(15)9(3-5(4)14)20-12-8(17)2-7(16)10(18)11(12)19/h1-3H. The molecule has 0 heterocycles. The second-order valence-corrected chi connectivity index (χ2v) is 6.39. The Morgan fingerprint density at radius 3 is 1.75 bits per heavy atom. The van der Waals surface area contributed by atoms with Crippen LogP contribution in [0.4, 0.5) is 0 Å². The summed E-state index contributed by atoms with van der Waals surface area (Å²) in [7, 11) is 0. The van der Waals surface area contributed by atoms with Gasteiger partial charge >= 0.3 is 0 Å². The molecule has 0 unspecified atom stereocenters. The lowest BCUT2D eigenvalue weighted by Crippen LogP contribution is -1.89. The van der Waals surface area contributed by atoms with Gasteiger partial charge in [0.25, 0.3) is 0 Å². The summed E-state index contributed by atoms with van der Waals surface area (Å²) in [4.78, 5) is 0. The van der Waals surface area contributed by atoms with Crippen molar-refractivity contribution in [3.63, 3.8) is 0 Å². The van der Waals surface area contributed by atoms with Crippen LogP contribution in [0.3, 0.4) is 0 Å². The van der Waals surface area contributed by atoms with E-state index in [0.29, 0.717) is 5.02 Å². The van der Waals surface area contributed by atoms with Gasteiger partial charge in [0.2, 0.25) is 0 Å². The Bertz CT molecular complexity index is 684. The topological polar surface area (TPSA) is 9.23 Å². The first kappa shape index (κ1) is 16.6. The predicted molar refractivity (Wildman–Crippen MR) is 88.0 cm³/mol. The summed E-state index contributed by atoms with van der Waals surface area (Å²) in [6.45, 7) is 0. The zero-order valence-electron chi connectivity index (χ0n) is 9.29. The van der Waals surface area contributed by atoms with Crippen LogP contribution < -0.4 is 4.74 Å². The zero-order valence-corrected chi connectivity index (χ0v) is 14.6. The molecule has 0 spiro atoms. The first-order valence-corrected chi connectivity index (χ1v) is 7.61. The highest BCUT2D eigenvalue weighted by molar-refractivity contribution is 6.50. The molecule has 0 aliphatic rings.